The second-order valence-electron chi connectivity index (χ2n) is 11.6. The predicted molar refractivity (Wildman–Crippen MR) is 158 cm³/mol. The van der Waals surface area contributed by atoms with Crippen LogP contribution in [0.4, 0.5) is 10.6 Å². The molecule has 0 aliphatic carbocycles. The zero-order valence-electron chi connectivity index (χ0n) is 23.8. The lowest BCUT2D eigenvalue weighted by Gasteiger charge is -2.32. The minimum Gasteiger partial charge on any atom is -0.444 e. The number of nitrogens with zero attached hydrogens (tertiary/aromatic N) is 2. The highest BCUT2D eigenvalue weighted by Crippen LogP contribution is 2.41. The van der Waals surface area contributed by atoms with Crippen LogP contribution in [0, 0.1) is 0 Å². The molecule has 3 aliphatic heterocycles. The van der Waals surface area contributed by atoms with Gasteiger partial charge in [-0.3, -0.25) is 4.21 Å². The smallest absolute Gasteiger partial charge is 0.410 e. The van der Waals surface area contributed by atoms with Crippen LogP contribution in [0.15, 0.2) is 48.2 Å². The van der Waals surface area contributed by atoms with E-state index in [0.29, 0.717) is 11.7 Å². The molecule has 2 unspecified atom stereocenters. The van der Waals surface area contributed by atoms with Crippen LogP contribution in [0.3, 0.4) is 0 Å². The molecule has 1 aromatic carbocycles. The highest BCUT2D eigenvalue weighted by Gasteiger charge is 2.35. The van der Waals surface area contributed by atoms with E-state index in [9.17, 15) is 9.00 Å². The van der Waals surface area contributed by atoms with Gasteiger partial charge in [0.1, 0.15) is 11.4 Å². The van der Waals surface area contributed by atoms with E-state index in [-0.39, 0.29) is 12.1 Å². The number of ether oxygens (including phenoxy) is 2. The molecule has 0 radical (unpaired) electrons. The number of rotatable bonds is 3. The van der Waals surface area contributed by atoms with Gasteiger partial charge in [-0.05, 0) is 101 Å². The SMILES string of the molecule is CC(C)(C)OC(=O)N1CCCC1c1cc(-c2ccc(N)nc2)ccc1C1CCOCC1.CC1=CCS(=O)CC1. The van der Waals surface area contributed by atoms with Gasteiger partial charge in [0.25, 0.3) is 0 Å². The van der Waals surface area contributed by atoms with E-state index in [1.807, 2.05) is 44.0 Å². The highest BCUT2D eigenvalue weighted by atomic mass is 32.2. The van der Waals surface area contributed by atoms with E-state index < -0.39 is 16.4 Å². The molecule has 8 heteroatoms. The van der Waals surface area contributed by atoms with Gasteiger partial charge < -0.3 is 20.1 Å². The van der Waals surface area contributed by atoms with Crippen molar-refractivity contribution in [3.05, 3.63) is 59.3 Å². The Balaban J connectivity index is 0.000000379. The van der Waals surface area contributed by atoms with Crippen molar-refractivity contribution in [1.29, 1.82) is 0 Å². The number of carbonyl (C=O) groups excluding carboxylic acids is 1. The summed E-state index contributed by atoms with van der Waals surface area (Å²) in [6, 6.07) is 10.5. The largest absolute Gasteiger partial charge is 0.444 e. The monoisotopic (exact) mass is 553 g/mol. The number of hydrogen-bond donors (Lipinski definition) is 1. The summed E-state index contributed by atoms with van der Waals surface area (Å²) in [5.74, 6) is 2.62. The summed E-state index contributed by atoms with van der Waals surface area (Å²) in [6.45, 7) is 10.1. The number of nitrogen functional groups attached to an aromatic ring is 1. The van der Waals surface area contributed by atoms with Crippen LogP contribution >= 0.6 is 0 Å². The zero-order chi connectivity index (χ0) is 28.0. The first-order valence-corrected chi connectivity index (χ1v) is 15.5. The Morgan fingerprint density at radius 2 is 1.85 bits per heavy atom. The van der Waals surface area contributed by atoms with Gasteiger partial charge in [0.2, 0.25) is 0 Å². The summed E-state index contributed by atoms with van der Waals surface area (Å²) in [6.07, 6.45) is 8.62. The maximum atomic E-state index is 13.0. The maximum Gasteiger partial charge on any atom is 0.410 e. The Morgan fingerprint density at radius 1 is 1.10 bits per heavy atom. The van der Waals surface area contributed by atoms with Gasteiger partial charge in [-0.15, -0.1) is 0 Å². The summed E-state index contributed by atoms with van der Waals surface area (Å²) < 4.78 is 22.0. The molecule has 2 atom stereocenters. The van der Waals surface area contributed by atoms with Crippen LogP contribution in [0.1, 0.15) is 82.9 Å². The van der Waals surface area contributed by atoms with Crippen LogP contribution < -0.4 is 5.73 Å². The fraction of sp³-hybridized carbons (Fsp3) is 0.548. The minimum atomic E-state index is -0.537. The van der Waals surface area contributed by atoms with Gasteiger partial charge in [0, 0.05) is 53.8 Å². The van der Waals surface area contributed by atoms with Crippen molar-refractivity contribution in [2.24, 2.45) is 0 Å². The van der Waals surface area contributed by atoms with Crippen LogP contribution in [0.25, 0.3) is 11.1 Å². The molecular weight excluding hydrogens is 510 g/mol. The molecule has 2 aromatic rings. The number of carbonyl (C=O) groups is 1. The molecule has 1 amide bonds. The van der Waals surface area contributed by atoms with Gasteiger partial charge in [0.15, 0.2) is 0 Å². The molecule has 5 rings (SSSR count). The maximum absolute atomic E-state index is 13.0. The number of amides is 1. The lowest BCUT2D eigenvalue weighted by Crippen LogP contribution is -2.36. The first-order valence-electron chi connectivity index (χ1n) is 14.0. The molecule has 2 N–H and O–H groups in total. The van der Waals surface area contributed by atoms with E-state index in [1.54, 1.807) is 0 Å². The van der Waals surface area contributed by atoms with E-state index in [4.69, 9.17) is 15.2 Å². The molecule has 0 saturated carbocycles. The van der Waals surface area contributed by atoms with Gasteiger partial charge in [-0.1, -0.05) is 23.8 Å². The number of anilines is 1. The van der Waals surface area contributed by atoms with Crippen molar-refractivity contribution < 1.29 is 18.5 Å². The number of pyridine rings is 1. The standard InChI is InChI=1S/C25H33N3O3.C6H10OS/c1-25(2,3)31-24(29)28-12-4-5-22(28)21-15-18(19-7-9-23(26)27-16-19)6-8-20(21)17-10-13-30-14-11-17;1-6-2-4-8(7)5-3-6/h6-9,15-17,22H,4-5,10-14H2,1-3H3,(H2,26,27);2H,3-5H2,1H3. The number of benzene rings is 1. The molecule has 4 heterocycles. The third-order valence-corrected chi connectivity index (χ3v) is 8.65. The number of nitrogens with two attached hydrogens (primary N) is 1. The number of aromatic nitrogens is 1. The summed E-state index contributed by atoms with van der Waals surface area (Å²) >= 11 is 0. The average Bonchev–Trinajstić information content (AvgIpc) is 3.41. The quantitative estimate of drug-likeness (QED) is 0.443. The van der Waals surface area contributed by atoms with Crippen molar-refractivity contribution in [2.45, 2.75) is 77.4 Å². The van der Waals surface area contributed by atoms with Crippen molar-refractivity contribution >= 4 is 22.7 Å². The lowest BCUT2D eigenvalue weighted by atomic mass is 9.84. The summed E-state index contributed by atoms with van der Waals surface area (Å²) in [5.41, 5.74) is 11.3. The Labute approximate surface area is 235 Å². The molecule has 39 heavy (non-hydrogen) atoms. The van der Waals surface area contributed by atoms with Crippen LogP contribution in [0.5, 0.6) is 0 Å². The predicted octanol–water partition coefficient (Wildman–Crippen LogP) is 6.38. The summed E-state index contributed by atoms with van der Waals surface area (Å²) in [4.78, 5) is 19.2. The van der Waals surface area contributed by atoms with Crippen LogP contribution in [0.2, 0.25) is 0 Å². The topological polar surface area (TPSA) is 94.8 Å². The summed E-state index contributed by atoms with van der Waals surface area (Å²) in [7, 11) is -0.537. The Bertz CT molecular complexity index is 1180. The Kier molecular flexibility index (Phi) is 9.83. The molecule has 0 spiro atoms. The van der Waals surface area contributed by atoms with Crippen molar-refractivity contribution in [1.82, 2.24) is 9.88 Å². The molecule has 3 aliphatic rings. The van der Waals surface area contributed by atoms with Crippen molar-refractivity contribution in [3.63, 3.8) is 0 Å². The number of hydrogen-bond acceptors (Lipinski definition) is 6. The minimum absolute atomic E-state index is 0.0226. The van der Waals surface area contributed by atoms with Crippen molar-refractivity contribution in [3.8, 4) is 11.1 Å². The van der Waals surface area contributed by atoms with Crippen LogP contribution in [-0.4, -0.2) is 57.1 Å². The lowest BCUT2D eigenvalue weighted by molar-refractivity contribution is 0.0222. The number of allylic oxidation sites excluding steroid dienone is 1. The van der Waals surface area contributed by atoms with E-state index >= 15 is 0 Å². The molecule has 1 aromatic heterocycles. The fourth-order valence-corrected chi connectivity index (χ4v) is 6.51. The third kappa shape index (κ3) is 8.15. The Morgan fingerprint density at radius 3 is 2.46 bits per heavy atom. The molecule has 0 bridgehead atoms. The zero-order valence-corrected chi connectivity index (χ0v) is 24.6. The molecule has 2 fully saturated rings. The second kappa shape index (κ2) is 13.1. The van der Waals surface area contributed by atoms with Crippen molar-refractivity contribution in [2.75, 3.05) is 37.0 Å². The van der Waals surface area contributed by atoms with Gasteiger partial charge in [0.05, 0.1) is 6.04 Å². The summed E-state index contributed by atoms with van der Waals surface area (Å²) in [5, 5.41) is 0. The third-order valence-electron chi connectivity index (χ3n) is 7.45. The second-order valence-corrected chi connectivity index (χ2v) is 13.3. The first-order chi connectivity index (χ1) is 18.6. The highest BCUT2D eigenvalue weighted by molar-refractivity contribution is 7.85. The Hall–Kier alpha value is -2.71. The first kappa shape index (κ1) is 29.3. The van der Waals surface area contributed by atoms with Crippen LogP contribution in [-0.2, 0) is 20.3 Å². The van der Waals surface area contributed by atoms with E-state index in [1.165, 1.54) is 16.7 Å². The molecular formula is C31H43N3O4S. The molecule has 212 valence electrons. The molecule has 2 saturated heterocycles. The average molecular weight is 554 g/mol. The van der Waals surface area contributed by atoms with E-state index in [2.05, 4.69) is 36.2 Å². The van der Waals surface area contributed by atoms with E-state index in [0.717, 1.165) is 74.5 Å². The van der Waals surface area contributed by atoms with Gasteiger partial charge in [-0.2, -0.15) is 0 Å². The van der Waals surface area contributed by atoms with Gasteiger partial charge >= 0.3 is 6.09 Å². The normalized spacial score (nSPS) is 22.1. The number of likely N-dealkylation sites (tertiary alicyclic amines) is 1. The molecule has 7 nitrogen and oxygen atoms in total. The fourth-order valence-electron chi connectivity index (χ4n) is 5.32. The van der Waals surface area contributed by atoms with Gasteiger partial charge in [-0.25, -0.2) is 9.78 Å².